The highest BCUT2D eigenvalue weighted by molar-refractivity contribution is 9.10. The first-order valence-corrected chi connectivity index (χ1v) is 9.42. The number of halogens is 1. The fraction of sp³-hybridized carbons (Fsp3) is 0.571. The molecule has 0 atom stereocenters. The zero-order valence-corrected chi connectivity index (χ0v) is 14.4. The molecule has 0 fully saturated rings. The largest absolute Gasteiger partial charge is 0.491 e. The van der Waals surface area contributed by atoms with Gasteiger partial charge in [0.25, 0.3) is 0 Å². The minimum atomic E-state index is -2.98. The van der Waals surface area contributed by atoms with E-state index in [4.69, 9.17) is 4.74 Å². The van der Waals surface area contributed by atoms with Crippen molar-refractivity contribution < 1.29 is 13.2 Å². The zero-order valence-electron chi connectivity index (χ0n) is 12.0. The molecule has 0 aliphatic carbocycles. The molecule has 1 aromatic rings. The highest BCUT2D eigenvalue weighted by Crippen LogP contribution is 2.26. The molecule has 20 heavy (non-hydrogen) atoms. The smallest absolute Gasteiger partial charge is 0.153 e. The van der Waals surface area contributed by atoms with Crippen molar-refractivity contribution in [1.29, 1.82) is 0 Å². The Morgan fingerprint density at radius 1 is 1.30 bits per heavy atom. The summed E-state index contributed by atoms with van der Waals surface area (Å²) >= 11 is 3.45. The molecule has 0 heterocycles. The van der Waals surface area contributed by atoms with Crippen molar-refractivity contribution >= 4 is 25.8 Å². The van der Waals surface area contributed by atoms with Gasteiger partial charge in [0.05, 0.1) is 10.2 Å². The SMILES string of the molecule is CCCNCc1ccc(OCCS(=O)(=O)CC)c(Br)c1. The number of sulfone groups is 1. The van der Waals surface area contributed by atoms with E-state index in [0.29, 0.717) is 5.75 Å². The van der Waals surface area contributed by atoms with E-state index in [1.807, 2.05) is 18.2 Å². The Kier molecular flexibility index (Phi) is 7.55. The van der Waals surface area contributed by atoms with E-state index in [1.54, 1.807) is 6.92 Å². The lowest BCUT2D eigenvalue weighted by molar-refractivity contribution is 0.338. The summed E-state index contributed by atoms with van der Waals surface area (Å²) in [6, 6.07) is 5.84. The van der Waals surface area contributed by atoms with Crippen LogP contribution in [0.1, 0.15) is 25.8 Å². The van der Waals surface area contributed by atoms with Crippen LogP contribution >= 0.6 is 15.9 Å². The molecule has 6 heteroatoms. The lowest BCUT2D eigenvalue weighted by atomic mass is 10.2. The van der Waals surface area contributed by atoms with Gasteiger partial charge in [0.1, 0.15) is 12.4 Å². The van der Waals surface area contributed by atoms with Crippen LogP contribution in [0.4, 0.5) is 0 Å². The normalized spacial score (nSPS) is 11.6. The fourth-order valence-corrected chi connectivity index (χ4v) is 2.77. The number of hydrogen-bond acceptors (Lipinski definition) is 4. The van der Waals surface area contributed by atoms with E-state index in [1.165, 1.54) is 5.56 Å². The minimum absolute atomic E-state index is 0.0513. The molecule has 0 radical (unpaired) electrons. The molecule has 0 unspecified atom stereocenters. The summed E-state index contributed by atoms with van der Waals surface area (Å²) in [5.41, 5.74) is 1.17. The summed E-state index contributed by atoms with van der Waals surface area (Å²) < 4.78 is 29.1. The second-order valence-corrected chi connectivity index (χ2v) is 7.85. The maximum atomic E-state index is 11.4. The Morgan fingerprint density at radius 3 is 2.65 bits per heavy atom. The van der Waals surface area contributed by atoms with Crippen molar-refractivity contribution in [2.75, 3.05) is 24.7 Å². The molecule has 0 aliphatic heterocycles. The van der Waals surface area contributed by atoms with Crippen molar-refractivity contribution in [2.24, 2.45) is 0 Å². The Hall–Kier alpha value is -0.590. The molecule has 0 bridgehead atoms. The highest BCUT2D eigenvalue weighted by atomic mass is 79.9. The van der Waals surface area contributed by atoms with Crippen molar-refractivity contribution in [3.63, 3.8) is 0 Å². The van der Waals surface area contributed by atoms with Crippen LogP contribution in [0.2, 0.25) is 0 Å². The van der Waals surface area contributed by atoms with Crippen LogP contribution in [0, 0.1) is 0 Å². The zero-order chi connectivity index (χ0) is 15.0. The minimum Gasteiger partial charge on any atom is -0.491 e. The van der Waals surface area contributed by atoms with Crippen LogP contribution in [-0.4, -0.2) is 33.1 Å². The molecule has 0 saturated carbocycles. The van der Waals surface area contributed by atoms with Gasteiger partial charge in [0.15, 0.2) is 9.84 Å². The van der Waals surface area contributed by atoms with E-state index >= 15 is 0 Å². The standard InChI is InChI=1S/C14H22BrNO3S/c1-3-7-16-11-12-5-6-14(13(15)10-12)19-8-9-20(17,18)4-2/h5-6,10,16H,3-4,7-9,11H2,1-2H3. The average molecular weight is 364 g/mol. The molecular formula is C14H22BrNO3S. The summed E-state index contributed by atoms with van der Waals surface area (Å²) in [4.78, 5) is 0. The summed E-state index contributed by atoms with van der Waals surface area (Å²) in [6.45, 7) is 5.76. The number of hydrogen-bond donors (Lipinski definition) is 1. The Morgan fingerprint density at radius 2 is 2.05 bits per heavy atom. The third-order valence-corrected chi connectivity index (χ3v) is 5.13. The first-order chi connectivity index (χ1) is 9.48. The van der Waals surface area contributed by atoms with E-state index in [0.717, 1.165) is 24.0 Å². The van der Waals surface area contributed by atoms with Crippen LogP contribution in [-0.2, 0) is 16.4 Å². The molecule has 0 saturated heterocycles. The maximum absolute atomic E-state index is 11.4. The fourth-order valence-electron chi connectivity index (χ4n) is 1.60. The quantitative estimate of drug-likeness (QED) is 0.685. The lowest BCUT2D eigenvalue weighted by Crippen LogP contribution is -2.16. The topological polar surface area (TPSA) is 55.4 Å². The average Bonchev–Trinajstić information content (AvgIpc) is 2.41. The lowest BCUT2D eigenvalue weighted by Gasteiger charge is -2.10. The third-order valence-electron chi connectivity index (χ3n) is 2.84. The second-order valence-electron chi connectivity index (χ2n) is 4.53. The van der Waals surface area contributed by atoms with Crippen LogP contribution in [0.3, 0.4) is 0 Å². The Bertz CT molecular complexity index is 517. The van der Waals surface area contributed by atoms with Gasteiger partial charge < -0.3 is 10.1 Å². The molecule has 1 aromatic carbocycles. The first kappa shape index (κ1) is 17.5. The molecule has 4 nitrogen and oxygen atoms in total. The molecule has 1 N–H and O–H groups in total. The molecule has 0 aliphatic rings. The number of rotatable bonds is 9. The van der Waals surface area contributed by atoms with E-state index in [-0.39, 0.29) is 18.1 Å². The van der Waals surface area contributed by atoms with Crippen molar-refractivity contribution in [3.05, 3.63) is 28.2 Å². The number of nitrogens with one attached hydrogen (secondary N) is 1. The molecule has 0 aromatic heterocycles. The molecule has 114 valence electrons. The van der Waals surface area contributed by atoms with Gasteiger partial charge in [0.2, 0.25) is 0 Å². The summed E-state index contributed by atoms with van der Waals surface area (Å²) in [5, 5.41) is 3.33. The highest BCUT2D eigenvalue weighted by Gasteiger charge is 2.09. The van der Waals surface area contributed by atoms with Gasteiger partial charge in [-0.2, -0.15) is 0 Å². The van der Waals surface area contributed by atoms with Crippen molar-refractivity contribution in [3.8, 4) is 5.75 Å². The summed E-state index contributed by atoms with van der Waals surface area (Å²) in [6.07, 6.45) is 1.11. The molecule has 0 amide bonds. The molecular weight excluding hydrogens is 342 g/mol. The predicted octanol–water partition coefficient (Wildman–Crippen LogP) is 2.76. The second kappa shape index (κ2) is 8.64. The van der Waals surface area contributed by atoms with Gasteiger partial charge >= 0.3 is 0 Å². The monoisotopic (exact) mass is 363 g/mol. The van der Waals surface area contributed by atoms with E-state index in [9.17, 15) is 8.42 Å². The van der Waals surface area contributed by atoms with Gasteiger partial charge in [0, 0.05) is 12.3 Å². The molecule has 0 spiro atoms. The van der Waals surface area contributed by atoms with Gasteiger partial charge in [-0.3, -0.25) is 0 Å². The third kappa shape index (κ3) is 6.24. The van der Waals surface area contributed by atoms with Crippen molar-refractivity contribution in [1.82, 2.24) is 5.32 Å². The summed E-state index contributed by atoms with van der Waals surface area (Å²) in [5.74, 6) is 0.880. The predicted molar refractivity (Wildman–Crippen MR) is 86.0 cm³/mol. The van der Waals surface area contributed by atoms with Gasteiger partial charge in [-0.15, -0.1) is 0 Å². The van der Waals surface area contributed by atoms with E-state index in [2.05, 4.69) is 28.2 Å². The van der Waals surface area contributed by atoms with Crippen LogP contribution < -0.4 is 10.1 Å². The maximum Gasteiger partial charge on any atom is 0.153 e. The van der Waals surface area contributed by atoms with Crippen LogP contribution in [0.25, 0.3) is 0 Å². The Balaban J connectivity index is 2.51. The first-order valence-electron chi connectivity index (χ1n) is 6.81. The van der Waals surface area contributed by atoms with Gasteiger partial charge in [-0.1, -0.05) is 19.9 Å². The van der Waals surface area contributed by atoms with Crippen molar-refractivity contribution in [2.45, 2.75) is 26.8 Å². The van der Waals surface area contributed by atoms with Gasteiger partial charge in [-0.25, -0.2) is 8.42 Å². The van der Waals surface area contributed by atoms with Gasteiger partial charge in [-0.05, 0) is 46.6 Å². The Labute approximate surface area is 130 Å². The summed E-state index contributed by atoms with van der Waals surface area (Å²) in [7, 11) is -2.98. The van der Waals surface area contributed by atoms with Crippen LogP contribution in [0.5, 0.6) is 5.75 Å². The molecule has 1 rings (SSSR count). The number of benzene rings is 1. The van der Waals surface area contributed by atoms with E-state index < -0.39 is 9.84 Å². The number of ether oxygens (including phenoxy) is 1. The van der Waals surface area contributed by atoms with Crippen LogP contribution in [0.15, 0.2) is 22.7 Å².